The van der Waals surface area contributed by atoms with E-state index in [0.29, 0.717) is 11.3 Å². The molecule has 6 nitrogen and oxygen atoms in total. The average Bonchev–Trinajstić information content (AvgIpc) is 3.10. The second-order valence-corrected chi connectivity index (χ2v) is 7.95. The Labute approximate surface area is 176 Å². The second-order valence-electron chi connectivity index (χ2n) is 7.95. The van der Waals surface area contributed by atoms with Crippen molar-refractivity contribution in [3.63, 3.8) is 0 Å². The molecular formula is C24H26N4O2. The smallest absolute Gasteiger partial charge is 0.228 e. The van der Waals surface area contributed by atoms with E-state index in [9.17, 15) is 9.59 Å². The second kappa shape index (κ2) is 8.61. The van der Waals surface area contributed by atoms with Gasteiger partial charge < -0.3 is 5.32 Å². The lowest BCUT2D eigenvalue weighted by Crippen LogP contribution is -2.36. The van der Waals surface area contributed by atoms with Gasteiger partial charge >= 0.3 is 0 Å². The molecule has 1 saturated carbocycles. The quantitative estimate of drug-likeness (QED) is 0.641. The molecule has 154 valence electrons. The third-order valence-corrected chi connectivity index (χ3v) is 5.84. The number of ketones is 1. The molecule has 2 aromatic heterocycles. The van der Waals surface area contributed by atoms with Gasteiger partial charge in [0.2, 0.25) is 5.91 Å². The highest BCUT2D eigenvalue weighted by atomic mass is 16.2. The summed E-state index contributed by atoms with van der Waals surface area (Å²) in [7, 11) is 1.82. The molecule has 2 heterocycles. The SMILES string of the molecule is Cc1nn(C)cc1NC(=O)[C@@H]1CCCC[C@H]1C(=O)c1ccc(-c2ccccn2)cc1. The summed E-state index contributed by atoms with van der Waals surface area (Å²) >= 11 is 0. The van der Waals surface area contributed by atoms with Crippen LogP contribution in [0.3, 0.4) is 0 Å². The summed E-state index contributed by atoms with van der Waals surface area (Å²) < 4.78 is 1.68. The van der Waals surface area contributed by atoms with E-state index in [4.69, 9.17) is 0 Å². The zero-order valence-corrected chi connectivity index (χ0v) is 17.3. The van der Waals surface area contributed by atoms with Crippen LogP contribution in [0.25, 0.3) is 11.3 Å². The van der Waals surface area contributed by atoms with Gasteiger partial charge in [0.15, 0.2) is 5.78 Å². The van der Waals surface area contributed by atoms with Gasteiger partial charge in [-0.15, -0.1) is 0 Å². The molecule has 4 rings (SSSR count). The van der Waals surface area contributed by atoms with Crippen molar-refractivity contribution >= 4 is 17.4 Å². The Morgan fingerprint density at radius 2 is 1.77 bits per heavy atom. The molecule has 0 unspecified atom stereocenters. The standard InChI is InChI=1S/C24H26N4O2/c1-16-22(15-28(2)27-16)26-24(30)20-8-4-3-7-19(20)23(29)18-12-10-17(11-13-18)21-9-5-6-14-25-21/h5-6,9-15,19-20H,3-4,7-8H2,1-2H3,(H,26,30)/t19-,20-/m1/s1. The molecule has 1 amide bonds. The van der Waals surface area contributed by atoms with Crippen molar-refractivity contribution in [2.75, 3.05) is 5.32 Å². The van der Waals surface area contributed by atoms with E-state index < -0.39 is 0 Å². The summed E-state index contributed by atoms with van der Waals surface area (Å²) in [6, 6.07) is 13.3. The molecule has 3 aromatic rings. The van der Waals surface area contributed by atoms with Crippen LogP contribution in [0.2, 0.25) is 0 Å². The first-order valence-electron chi connectivity index (χ1n) is 10.4. The molecule has 0 bridgehead atoms. The maximum Gasteiger partial charge on any atom is 0.228 e. The first-order chi connectivity index (χ1) is 14.5. The van der Waals surface area contributed by atoms with Crippen LogP contribution < -0.4 is 5.32 Å². The Morgan fingerprint density at radius 1 is 1.03 bits per heavy atom. The Bertz CT molecular complexity index is 1040. The van der Waals surface area contributed by atoms with Crippen molar-refractivity contribution in [2.45, 2.75) is 32.6 Å². The summed E-state index contributed by atoms with van der Waals surface area (Å²) in [5, 5.41) is 7.26. The number of nitrogens with one attached hydrogen (secondary N) is 1. The molecule has 30 heavy (non-hydrogen) atoms. The topological polar surface area (TPSA) is 76.9 Å². The predicted molar refractivity (Wildman–Crippen MR) is 116 cm³/mol. The first-order valence-corrected chi connectivity index (χ1v) is 10.4. The van der Waals surface area contributed by atoms with Crippen LogP contribution in [0.15, 0.2) is 54.9 Å². The van der Waals surface area contributed by atoms with Crippen molar-refractivity contribution < 1.29 is 9.59 Å². The Kier molecular flexibility index (Phi) is 5.74. The number of rotatable bonds is 5. The van der Waals surface area contributed by atoms with E-state index in [1.54, 1.807) is 17.1 Å². The number of amides is 1. The number of aromatic nitrogens is 3. The first kappa shape index (κ1) is 20.0. The lowest BCUT2D eigenvalue weighted by atomic mass is 9.75. The van der Waals surface area contributed by atoms with Gasteiger partial charge in [-0.25, -0.2) is 0 Å². The average molecular weight is 402 g/mol. The zero-order valence-electron chi connectivity index (χ0n) is 17.3. The number of hydrogen-bond acceptors (Lipinski definition) is 4. The minimum absolute atomic E-state index is 0.0466. The number of hydrogen-bond donors (Lipinski definition) is 1. The van der Waals surface area contributed by atoms with Gasteiger partial charge in [0.1, 0.15) is 0 Å². The largest absolute Gasteiger partial charge is 0.323 e. The van der Waals surface area contributed by atoms with Gasteiger partial charge in [-0.2, -0.15) is 5.10 Å². The number of anilines is 1. The Hall–Kier alpha value is -3.28. The third kappa shape index (κ3) is 4.17. The van der Waals surface area contributed by atoms with E-state index in [1.165, 1.54) is 0 Å². The maximum atomic E-state index is 13.3. The number of pyridine rings is 1. The van der Waals surface area contributed by atoms with E-state index >= 15 is 0 Å². The van der Waals surface area contributed by atoms with Crippen molar-refractivity contribution in [3.8, 4) is 11.3 Å². The molecule has 1 aliphatic rings. The number of carbonyl (C=O) groups excluding carboxylic acids is 2. The highest BCUT2D eigenvalue weighted by Gasteiger charge is 2.36. The van der Waals surface area contributed by atoms with Crippen LogP contribution >= 0.6 is 0 Å². The lowest BCUT2D eigenvalue weighted by molar-refractivity contribution is -0.122. The molecular weight excluding hydrogens is 376 g/mol. The minimum atomic E-state index is -0.318. The predicted octanol–water partition coefficient (Wildman–Crippen LogP) is 4.42. The molecule has 6 heteroatoms. The third-order valence-electron chi connectivity index (χ3n) is 5.84. The maximum absolute atomic E-state index is 13.3. The van der Waals surface area contributed by atoms with Gasteiger partial charge in [-0.3, -0.25) is 19.3 Å². The van der Waals surface area contributed by atoms with Crippen LogP contribution in [0.5, 0.6) is 0 Å². The summed E-state index contributed by atoms with van der Waals surface area (Å²) in [5.74, 6) is -0.655. The molecule has 0 spiro atoms. The Balaban J connectivity index is 1.51. The van der Waals surface area contributed by atoms with Crippen molar-refractivity contribution in [3.05, 3.63) is 66.1 Å². The van der Waals surface area contributed by atoms with Crippen LogP contribution in [0.4, 0.5) is 5.69 Å². The summed E-state index contributed by atoms with van der Waals surface area (Å²) in [6.07, 6.45) is 6.95. The van der Waals surface area contributed by atoms with E-state index in [2.05, 4.69) is 15.4 Å². The van der Waals surface area contributed by atoms with Crippen molar-refractivity contribution in [1.82, 2.24) is 14.8 Å². The highest BCUT2D eigenvalue weighted by Crippen LogP contribution is 2.34. The van der Waals surface area contributed by atoms with Gasteiger partial charge in [0.05, 0.1) is 17.1 Å². The monoisotopic (exact) mass is 402 g/mol. The molecule has 1 aliphatic carbocycles. The van der Waals surface area contributed by atoms with Crippen LogP contribution in [0.1, 0.15) is 41.7 Å². The fourth-order valence-electron chi connectivity index (χ4n) is 4.26. The van der Waals surface area contributed by atoms with E-state index in [1.807, 2.05) is 56.4 Å². The fourth-order valence-corrected chi connectivity index (χ4v) is 4.26. The normalized spacial score (nSPS) is 18.7. The number of carbonyl (C=O) groups is 2. The van der Waals surface area contributed by atoms with Crippen molar-refractivity contribution in [2.24, 2.45) is 18.9 Å². The minimum Gasteiger partial charge on any atom is -0.323 e. The van der Waals surface area contributed by atoms with Gasteiger partial charge in [0.25, 0.3) is 0 Å². The van der Waals surface area contributed by atoms with Gasteiger partial charge in [0, 0.05) is 42.4 Å². The number of Topliss-reactive ketones (excluding diaryl/α,β-unsaturated/α-hetero) is 1. The summed E-state index contributed by atoms with van der Waals surface area (Å²) in [6.45, 7) is 1.86. The summed E-state index contributed by atoms with van der Waals surface area (Å²) in [5.41, 5.74) is 3.97. The molecule has 0 saturated heterocycles. The van der Waals surface area contributed by atoms with E-state index in [-0.39, 0.29) is 23.5 Å². The molecule has 1 fully saturated rings. The molecule has 0 radical (unpaired) electrons. The van der Waals surface area contributed by atoms with Crippen LogP contribution in [0, 0.1) is 18.8 Å². The lowest BCUT2D eigenvalue weighted by Gasteiger charge is -2.29. The Morgan fingerprint density at radius 3 is 2.40 bits per heavy atom. The molecule has 2 atom stereocenters. The summed E-state index contributed by atoms with van der Waals surface area (Å²) in [4.78, 5) is 30.6. The number of aryl methyl sites for hydroxylation is 2. The molecule has 1 aromatic carbocycles. The fraction of sp³-hybridized carbons (Fsp3) is 0.333. The van der Waals surface area contributed by atoms with Crippen LogP contribution in [-0.2, 0) is 11.8 Å². The molecule has 1 N–H and O–H groups in total. The zero-order chi connectivity index (χ0) is 21.1. The van der Waals surface area contributed by atoms with Gasteiger partial charge in [-0.1, -0.05) is 43.2 Å². The van der Waals surface area contributed by atoms with Crippen LogP contribution in [-0.4, -0.2) is 26.5 Å². The molecule has 0 aliphatic heterocycles. The van der Waals surface area contributed by atoms with Gasteiger partial charge in [-0.05, 0) is 31.9 Å². The highest BCUT2D eigenvalue weighted by molar-refractivity contribution is 6.03. The number of benzene rings is 1. The van der Waals surface area contributed by atoms with Crippen molar-refractivity contribution in [1.29, 1.82) is 0 Å². The number of nitrogens with zero attached hydrogens (tertiary/aromatic N) is 3. The van der Waals surface area contributed by atoms with E-state index in [0.717, 1.165) is 42.6 Å².